The fraction of sp³-hybridized carbons (Fsp3) is 0.810. The monoisotopic (exact) mass is 350 g/mol. The Morgan fingerprint density at radius 2 is 1.80 bits per heavy atom. The lowest BCUT2D eigenvalue weighted by Gasteiger charge is -2.56. The van der Waals surface area contributed by atoms with Gasteiger partial charge in [-0.05, 0) is 43.6 Å². The van der Waals surface area contributed by atoms with E-state index in [1.54, 1.807) is 19.3 Å². The Bertz CT molecular complexity index is 554. The van der Waals surface area contributed by atoms with Crippen molar-refractivity contribution >= 4 is 11.8 Å². The first kappa shape index (κ1) is 20.2. The van der Waals surface area contributed by atoms with Crippen LogP contribution in [0.5, 0.6) is 0 Å². The van der Waals surface area contributed by atoms with Gasteiger partial charge in [0.15, 0.2) is 5.78 Å². The quantitative estimate of drug-likeness (QED) is 0.567. The minimum absolute atomic E-state index is 0.0567. The van der Waals surface area contributed by atoms with Gasteiger partial charge in [-0.2, -0.15) is 0 Å². The molecule has 1 saturated heterocycles. The summed E-state index contributed by atoms with van der Waals surface area (Å²) in [5.74, 6) is 0.789. The number of ketones is 1. The number of carbonyl (C=O) groups excluding carboxylic acids is 2. The van der Waals surface area contributed by atoms with Gasteiger partial charge in [-0.15, -0.1) is 0 Å². The van der Waals surface area contributed by atoms with Gasteiger partial charge in [-0.3, -0.25) is 9.59 Å². The van der Waals surface area contributed by atoms with Gasteiger partial charge >= 0.3 is 5.97 Å². The molecular formula is C21H34O4. The maximum absolute atomic E-state index is 12.9. The summed E-state index contributed by atoms with van der Waals surface area (Å²) in [6.07, 6.45) is 5.15. The molecule has 0 bridgehead atoms. The standard InChI is InChI=1S/C19H28O4.C2H6/c1-11-12(2)15-16-18(3,17(21)23-15)9-8-14(20)19(16,4)13(11)7-6-10-22-5;1-2/h8-9,11-13,15-16H,6-7,10H2,1-5H3;1-2H3/t11-,12+,13-,15-,16?,18+,19-;/m0./s1. The summed E-state index contributed by atoms with van der Waals surface area (Å²) in [6, 6.07) is 0. The highest BCUT2D eigenvalue weighted by Gasteiger charge is 2.69. The van der Waals surface area contributed by atoms with Gasteiger partial charge in [-0.1, -0.05) is 40.7 Å². The number of hydrogen-bond acceptors (Lipinski definition) is 4. The Labute approximate surface area is 152 Å². The van der Waals surface area contributed by atoms with E-state index in [1.165, 1.54) is 0 Å². The predicted molar refractivity (Wildman–Crippen MR) is 98.0 cm³/mol. The van der Waals surface area contributed by atoms with Crippen LogP contribution in [-0.2, 0) is 19.1 Å². The van der Waals surface area contributed by atoms with E-state index < -0.39 is 10.8 Å². The molecule has 142 valence electrons. The average molecular weight is 350 g/mol. The van der Waals surface area contributed by atoms with Gasteiger partial charge in [0.1, 0.15) is 6.10 Å². The summed E-state index contributed by atoms with van der Waals surface area (Å²) in [5, 5.41) is 0. The number of rotatable bonds is 4. The van der Waals surface area contributed by atoms with Crippen LogP contribution in [0.15, 0.2) is 12.2 Å². The Kier molecular flexibility index (Phi) is 5.82. The van der Waals surface area contributed by atoms with Gasteiger partial charge in [0.05, 0.1) is 5.41 Å². The van der Waals surface area contributed by atoms with Crippen molar-refractivity contribution in [3.8, 4) is 0 Å². The van der Waals surface area contributed by atoms with Crippen molar-refractivity contribution in [2.45, 2.75) is 60.5 Å². The van der Waals surface area contributed by atoms with Crippen LogP contribution in [0, 0.1) is 34.5 Å². The maximum atomic E-state index is 12.9. The molecule has 2 aliphatic carbocycles. The summed E-state index contributed by atoms with van der Waals surface area (Å²) in [5.41, 5.74) is -1.19. The number of methoxy groups -OCH3 is 1. The highest BCUT2D eigenvalue weighted by atomic mass is 16.6. The average Bonchev–Trinajstić information content (AvgIpc) is 2.88. The fourth-order valence-electron chi connectivity index (χ4n) is 5.55. The van der Waals surface area contributed by atoms with E-state index >= 15 is 0 Å². The Hall–Kier alpha value is -1.16. The first-order valence-electron chi connectivity index (χ1n) is 9.72. The van der Waals surface area contributed by atoms with Crippen molar-refractivity contribution in [1.82, 2.24) is 0 Å². The zero-order valence-electron chi connectivity index (χ0n) is 16.8. The molecule has 1 unspecified atom stereocenters. The van der Waals surface area contributed by atoms with Crippen molar-refractivity contribution in [1.29, 1.82) is 0 Å². The van der Waals surface area contributed by atoms with Crippen molar-refractivity contribution in [3.05, 3.63) is 12.2 Å². The number of allylic oxidation sites excluding steroid dienone is 1. The Morgan fingerprint density at radius 1 is 1.16 bits per heavy atom. The van der Waals surface area contributed by atoms with Gasteiger partial charge in [0.2, 0.25) is 0 Å². The zero-order chi connectivity index (χ0) is 19.0. The summed E-state index contributed by atoms with van der Waals surface area (Å²) >= 11 is 0. The third-order valence-electron chi connectivity index (χ3n) is 7.03. The first-order valence-corrected chi connectivity index (χ1v) is 9.72. The normalized spacial score (nSPS) is 44.7. The molecule has 7 atom stereocenters. The Morgan fingerprint density at radius 3 is 2.40 bits per heavy atom. The molecule has 0 N–H and O–H groups in total. The molecule has 0 spiro atoms. The minimum Gasteiger partial charge on any atom is -0.461 e. The zero-order valence-corrected chi connectivity index (χ0v) is 16.8. The molecule has 0 amide bonds. The van der Waals surface area contributed by atoms with Gasteiger partial charge in [0.25, 0.3) is 0 Å². The van der Waals surface area contributed by atoms with Gasteiger partial charge in [-0.25, -0.2) is 0 Å². The Balaban J connectivity index is 0.00000109. The molecule has 25 heavy (non-hydrogen) atoms. The highest BCUT2D eigenvalue weighted by molar-refractivity contribution is 6.00. The summed E-state index contributed by atoms with van der Waals surface area (Å²) in [4.78, 5) is 25.5. The molecule has 0 aromatic heterocycles. The van der Waals surface area contributed by atoms with Crippen molar-refractivity contribution in [2.75, 3.05) is 13.7 Å². The van der Waals surface area contributed by atoms with Gasteiger partial charge < -0.3 is 9.47 Å². The molecule has 3 rings (SSSR count). The summed E-state index contributed by atoms with van der Waals surface area (Å²) in [7, 11) is 1.71. The molecule has 0 radical (unpaired) electrons. The second-order valence-corrected chi connectivity index (χ2v) is 8.07. The lowest BCUT2D eigenvalue weighted by atomic mass is 9.45. The third kappa shape index (κ3) is 2.77. The van der Waals surface area contributed by atoms with E-state index in [1.807, 2.05) is 20.8 Å². The molecule has 0 aromatic rings. The second-order valence-electron chi connectivity index (χ2n) is 8.07. The number of carbonyl (C=O) groups is 2. The van der Waals surface area contributed by atoms with E-state index in [0.717, 1.165) is 12.8 Å². The lowest BCUT2D eigenvalue weighted by molar-refractivity contribution is -0.156. The molecule has 4 nitrogen and oxygen atoms in total. The van der Waals surface area contributed by atoms with E-state index in [2.05, 4.69) is 20.8 Å². The molecule has 1 aliphatic heterocycles. The molecule has 1 heterocycles. The van der Waals surface area contributed by atoms with Crippen LogP contribution in [0.4, 0.5) is 0 Å². The minimum atomic E-state index is -0.665. The SMILES string of the molecule is CC.COCCC[C@H]1[C@@H](C)[C@@H](C)[C@@H]2OC(=O)[C@]3(C)C=CC(=O)[C@@]1(C)C23. The van der Waals surface area contributed by atoms with Crippen LogP contribution in [0.2, 0.25) is 0 Å². The summed E-state index contributed by atoms with van der Waals surface area (Å²) in [6.45, 7) is 13.1. The van der Waals surface area contributed by atoms with Crippen molar-refractivity contribution in [3.63, 3.8) is 0 Å². The molecule has 1 saturated carbocycles. The maximum Gasteiger partial charge on any atom is 0.316 e. The largest absolute Gasteiger partial charge is 0.461 e. The van der Waals surface area contributed by atoms with Crippen LogP contribution in [0.25, 0.3) is 0 Å². The number of ether oxygens (including phenoxy) is 2. The van der Waals surface area contributed by atoms with E-state index in [9.17, 15) is 9.59 Å². The lowest BCUT2D eigenvalue weighted by Crippen LogP contribution is -2.60. The third-order valence-corrected chi connectivity index (χ3v) is 7.03. The molecule has 4 heteroatoms. The molecular weight excluding hydrogens is 316 g/mol. The highest BCUT2D eigenvalue weighted by Crippen LogP contribution is 2.64. The summed E-state index contributed by atoms with van der Waals surface area (Å²) < 4.78 is 11.0. The second kappa shape index (κ2) is 7.22. The topological polar surface area (TPSA) is 52.6 Å². The van der Waals surface area contributed by atoms with Crippen molar-refractivity contribution in [2.24, 2.45) is 34.5 Å². The molecule has 0 aromatic carbocycles. The van der Waals surface area contributed by atoms with Crippen LogP contribution < -0.4 is 0 Å². The molecule has 2 fully saturated rings. The van der Waals surface area contributed by atoms with Gasteiger partial charge in [0, 0.05) is 25.0 Å². The molecule has 3 aliphatic rings. The predicted octanol–water partition coefficient (Wildman–Crippen LogP) is 4.03. The van der Waals surface area contributed by atoms with Crippen LogP contribution in [-0.4, -0.2) is 31.6 Å². The first-order chi connectivity index (χ1) is 11.8. The smallest absolute Gasteiger partial charge is 0.316 e. The van der Waals surface area contributed by atoms with Crippen LogP contribution >= 0.6 is 0 Å². The number of esters is 1. The van der Waals surface area contributed by atoms with Crippen molar-refractivity contribution < 1.29 is 19.1 Å². The van der Waals surface area contributed by atoms with Crippen LogP contribution in [0.3, 0.4) is 0 Å². The van der Waals surface area contributed by atoms with Crippen LogP contribution in [0.1, 0.15) is 54.4 Å². The van der Waals surface area contributed by atoms with E-state index in [0.29, 0.717) is 12.5 Å². The number of hydrogen-bond donors (Lipinski definition) is 0. The van der Waals surface area contributed by atoms with E-state index in [-0.39, 0.29) is 35.6 Å². The fourth-order valence-corrected chi connectivity index (χ4v) is 5.55. The van der Waals surface area contributed by atoms with E-state index in [4.69, 9.17) is 9.47 Å².